The highest BCUT2D eigenvalue weighted by Crippen LogP contribution is 2.36. The number of methoxy groups -OCH3 is 1. The van der Waals surface area contributed by atoms with Gasteiger partial charge in [0, 0.05) is 6.54 Å². The zero-order valence-corrected chi connectivity index (χ0v) is 19.5. The second-order valence-electron chi connectivity index (χ2n) is 8.78. The molecule has 0 spiro atoms. The third-order valence-corrected chi connectivity index (χ3v) is 6.38. The van der Waals surface area contributed by atoms with Gasteiger partial charge in [-0.15, -0.1) is 5.10 Å². The van der Waals surface area contributed by atoms with E-state index in [2.05, 4.69) is 20.4 Å². The highest BCUT2D eigenvalue weighted by Gasteiger charge is 2.44. The Bertz CT molecular complexity index is 1400. The minimum Gasteiger partial charge on any atom is -0.479 e. The number of rotatable bonds is 6. The van der Waals surface area contributed by atoms with Crippen molar-refractivity contribution in [2.45, 2.75) is 31.9 Å². The maximum absolute atomic E-state index is 15.2. The molecule has 0 saturated carbocycles. The summed E-state index contributed by atoms with van der Waals surface area (Å²) in [5.74, 6) is -2.98. The fourth-order valence-electron chi connectivity index (χ4n) is 4.71. The van der Waals surface area contributed by atoms with Crippen LogP contribution in [0.4, 0.5) is 23.5 Å². The lowest BCUT2D eigenvalue weighted by molar-refractivity contribution is -0.0675. The number of nitrogens with zero attached hydrogens (tertiary/aromatic N) is 6. The molecule has 12 heteroatoms. The van der Waals surface area contributed by atoms with Crippen LogP contribution in [0.15, 0.2) is 24.4 Å². The van der Waals surface area contributed by atoms with Gasteiger partial charge >= 0.3 is 0 Å². The first-order chi connectivity index (χ1) is 16.7. The second-order valence-corrected chi connectivity index (χ2v) is 8.78. The van der Waals surface area contributed by atoms with Crippen molar-refractivity contribution in [3.05, 3.63) is 36.0 Å². The van der Waals surface area contributed by atoms with Gasteiger partial charge in [0.1, 0.15) is 18.0 Å². The van der Waals surface area contributed by atoms with E-state index in [1.807, 2.05) is 0 Å². The molecule has 0 bridgehead atoms. The number of aryl methyl sites for hydroxylation is 2. The molecule has 4 heterocycles. The van der Waals surface area contributed by atoms with E-state index in [4.69, 9.17) is 4.74 Å². The smallest absolute Gasteiger partial charge is 0.280 e. The van der Waals surface area contributed by atoms with Crippen molar-refractivity contribution in [1.82, 2.24) is 29.0 Å². The van der Waals surface area contributed by atoms with Crippen LogP contribution in [-0.2, 0) is 6.54 Å². The van der Waals surface area contributed by atoms with Gasteiger partial charge < -0.3 is 19.5 Å². The van der Waals surface area contributed by atoms with Gasteiger partial charge in [-0.1, -0.05) is 6.07 Å². The van der Waals surface area contributed by atoms with Gasteiger partial charge in [0.05, 0.1) is 49.0 Å². The molecule has 1 saturated heterocycles. The number of hydrogen-bond acceptors (Lipinski definition) is 6. The predicted octanol–water partition coefficient (Wildman–Crippen LogP) is 3.92. The molecular weight excluding hydrogens is 466 g/mol. The Morgan fingerprint density at radius 3 is 2.77 bits per heavy atom. The van der Waals surface area contributed by atoms with E-state index in [-0.39, 0.29) is 42.4 Å². The van der Waals surface area contributed by atoms with E-state index < -0.39 is 24.5 Å². The average molecular weight is 491 g/mol. The van der Waals surface area contributed by atoms with Crippen molar-refractivity contribution in [1.29, 1.82) is 0 Å². The predicted molar refractivity (Wildman–Crippen MR) is 123 cm³/mol. The Labute approximate surface area is 198 Å². The van der Waals surface area contributed by atoms with Crippen LogP contribution in [0.25, 0.3) is 27.7 Å². The zero-order chi connectivity index (χ0) is 24.9. The normalized spacial score (nSPS) is 18.4. The minimum absolute atomic E-state index is 0.0335. The molecule has 1 N–H and O–H groups in total. The minimum atomic E-state index is -2.98. The summed E-state index contributed by atoms with van der Waals surface area (Å²) < 4.78 is 65.7. The summed E-state index contributed by atoms with van der Waals surface area (Å²) in [7, 11) is 3.01. The number of anilines is 1. The van der Waals surface area contributed by atoms with Gasteiger partial charge in [-0.05, 0) is 38.1 Å². The molecule has 35 heavy (non-hydrogen) atoms. The number of nitrogens with one attached hydrogen (secondary N) is 1. The molecule has 1 aliphatic heterocycles. The number of piperidine rings is 1. The van der Waals surface area contributed by atoms with E-state index in [0.29, 0.717) is 29.0 Å². The van der Waals surface area contributed by atoms with E-state index in [9.17, 15) is 13.2 Å². The van der Waals surface area contributed by atoms with Crippen molar-refractivity contribution < 1.29 is 22.3 Å². The Morgan fingerprint density at radius 1 is 1.26 bits per heavy atom. The molecule has 0 radical (unpaired) electrons. The van der Waals surface area contributed by atoms with Crippen LogP contribution in [0.3, 0.4) is 0 Å². The largest absolute Gasteiger partial charge is 0.479 e. The number of fused-ring (bicyclic) bond motifs is 2. The molecule has 186 valence electrons. The van der Waals surface area contributed by atoms with Crippen molar-refractivity contribution in [2.75, 3.05) is 39.2 Å². The lowest BCUT2D eigenvalue weighted by Crippen LogP contribution is -2.53. The van der Waals surface area contributed by atoms with E-state index in [1.165, 1.54) is 11.6 Å². The molecular formula is C23H25F4N7O. The molecule has 1 atom stereocenters. The van der Waals surface area contributed by atoms with Crippen molar-refractivity contribution in [2.24, 2.45) is 0 Å². The summed E-state index contributed by atoms with van der Waals surface area (Å²) in [6.45, 7) is 1.47. The van der Waals surface area contributed by atoms with Crippen LogP contribution in [0.1, 0.15) is 12.2 Å². The summed E-state index contributed by atoms with van der Waals surface area (Å²) in [6.07, 6.45) is 1.35. The van der Waals surface area contributed by atoms with Crippen LogP contribution in [0, 0.1) is 12.7 Å². The van der Waals surface area contributed by atoms with Gasteiger partial charge in [0.15, 0.2) is 5.82 Å². The Balaban J connectivity index is 1.58. The Kier molecular flexibility index (Phi) is 5.78. The number of benzene rings is 1. The number of halogens is 4. The Morgan fingerprint density at radius 2 is 2.06 bits per heavy atom. The van der Waals surface area contributed by atoms with Gasteiger partial charge in [-0.25, -0.2) is 27.1 Å². The van der Waals surface area contributed by atoms with Gasteiger partial charge in [-0.3, -0.25) is 0 Å². The molecule has 1 fully saturated rings. The lowest BCUT2D eigenvalue weighted by atomic mass is 10.0. The molecule has 1 aromatic carbocycles. The first-order valence-corrected chi connectivity index (χ1v) is 11.2. The number of likely N-dealkylation sites (tertiary alicyclic amines) is 1. The quantitative estimate of drug-likeness (QED) is 0.412. The monoisotopic (exact) mass is 491 g/mol. The van der Waals surface area contributed by atoms with Crippen molar-refractivity contribution >= 4 is 22.5 Å². The summed E-state index contributed by atoms with van der Waals surface area (Å²) >= 11 is 0. The van der Waals surface area contributed by atoms with Crippen molar-refractivity contribution in [3.8, 4) is 17.0 Å². The first-order valence-electron chi connectivity index (χ1n) is 11.2. The average Bonchev–Trinajstić information content (AvgIpc) is 3.30. The number of ether oxygens (including phenoxy) is 1. The molecule has 0 aliphatic carbocycles. The van der Waals surface area contributed by atoms with Crippen LogP contribution < -0.4 is 10.1 Å². The topological polar surface area (TPSA) is 72.5 Å². The summed E-state index contributed by atoms with van der Waals surface area (Å²) in [5, 5.41) is 6.95. The molecule has 0 unspecified atom stereocenters. The van der Waals surface area contributed by atoms with Crippen LogP contribution >= 0.6 is 0 Å². The molecule has 1 aliphatic rings. The van der Waals surface area contributed by atoms with Crippen LogP contribution in [-0.4, -0.2) is 74.9 Å². The fourth-order valence-corrected chi connectivity index (χ4v) is 4.71. The molecule has 3 aromatic heterocycles. The number of imidazole rings is 1. The van der Waals surface area contributed by atoms with Crippen LogP contribution in [0.5, 0.6) is 5.88 Å². The molecule has 5 rings (SSSR count). The SMILES string of the molecule is COc1nc(N[C@@H]2CCN(C)CC2(F)F)nn2cc(F)c(-c3ccc4nc(C)n(CCF)c4c3)c12. The molecule has 0 amide bonds. The summed E-state index contributed by atoms with van der Waals surface area (Å²) in [6, 6.07) is 4.01. The number of hydrogen-bond donors (Lipinski definition) is 1. The van der Waals surface area contributed by atoms with E-state index in [1.54, 1.807) is 41.6 Å². The maximum atomic E-state index is 15.2. The fraction of sp³-hybridized carbons (Fsp3) is 0.435. The van der Waals surface area contributed by atoms with Gasteiger partial charge in [0.2, 0.25) is 11.8 Å². The highest BCUT2D eigenvalue weighted by molar-refractivity contribution is 5.90. The van der Waals surface area contributed by atoms with Crippen molar-refractivity contribution in [3.63, 3.8) is 0 Å². The first kappa shape index (κ1) is 23.3. The van der Waals surface area contributed by atoms with Gasteiger partial charge in [-0.2, -0.15) is 4.98 Å². The Hall–Kier alpha value is -3.41. The standard InChI is InChI=1S/C23H25F4N7O/c1-13-28-16-5-4-14(10-17(16)33(13)9-7-24)19-15(25)11-34-20(19)21(35-3)30-22(31-34)29-18-6-8-32(2)12-23(18,26)27/h4-5,10-11,18H,6-9,12H2,1-3H3,(H,29,31)/t18-/m1/s1. The highest BCUT2D eigenvalue weighted by atomic mass is 19.3. The summed E-state index contributed by atoms with van der Waals surface area (Å²) in [4.78, 5) is 10.3. The van der Waals surface area contributed by atoms with E-state index in [0.717, 1.165) is 6.20 Å². The maximum Gasteiger partial charge on any atom is 0.280 e. The molecule has 4 aromatic rings. The second kappa shape index (κ2) is 8.67. The number of alkyl halides is 3. The third kappa shape index (κ3) is 4.05. The summed E-state index contributed by atoms with van der Waals surface area (Å²) in [5.41, 5.74) is 2.27. The lowest BCUT2D eigenvalue weighted by Gasteiger charge is -2.36. The number of aromatic nitrogens is 5. The third-order valence-electron chi connectivity index (χ3n) is 6.38. The zero-order valence-electron chi connectivity index (χ0n) is 19.5. The molecule has 8 nitrogen and oxygen atoms in total. The van der Waals surface area contributed by atoms with E-state index >= 15 is 4.39 Å². The van der Waals surface area contributed by atoms with Crippen LogP contribution in [0.2, 0.25) is 0 Å². The van der Waals surface area contributed by atoms with Gasteiger partial charge in [0.25, 0.3) is 5.92 Å².